The molecule has 1 spiro atoms. The molecule has 0 bridgehead atoms. The van der Waals surface area contributed by atoms with Gasteiger partial charge >= 0.3 is 0 Å². The van der Waals surface area contributed by atoms with Gasteiger partial charge in [-0.05, 0) is 87.8 Å². The number of carbonyl (C=O) groups excluding carboxylic acids is 1. The number of amides is 1. The van der Waals surface area contributed by atoms with Crippen LogP contribution < -0.4 is 14.9 Å². The molecule has 1 amide bonds. The molecule has 1 saturated heterocycles. The molecule has 11 heteroatoms. The molecule has 0 aromatic heterocycles. The number of aliphatic hydroxyl groups excluding tert-OH is 1. The molecule has 2 fully saturated rings. The van der Waals surface area contributed by atoms with Gasteiger partial charge in [-0.15, -0.1) is 0 Å². The highest BCUT2D eigenvalue weighted by atomic mass is 32.2. The molecule has 2 aliphatic rings. The van der Waals surface area contributed by atoms with Gasteiger partial charge in [0.2, 0.25) is 10.0 Å². The Kier molecular flexibility index (Phi) is 7.96. The van der Waals surface area contributed by atoms with Crippen molar-refractivity contribution in [2.75, 3.05) is 35.7 Å². The topological polar surface area (TPSA) is 133 Å². The SMILES string of the molecule is CC(C)(C)NS(=O)(=O)c1cccc(NC(=O)c2ccc(CS(=O)(=O)CCO)cc2N2CCC3(CC2)CC3)c1. The van der Waals surface area contributed by atoms with Crippen molar-refractivity contribution in [2.45, 2.75) is 62.6 Å². The van der Waals surface area contributed by atoms with Crippen LogP contribution in [0.2, 0.25) is 0 Å². The van der Waals surface area contributed by atoms with Crippen LogP contribution in [0.3, 0.4) is 0 Å². The first kappa shape index (κ1) is 28.5. The van der Waals surface area contributed by atoms with Crippen molar-refractivity contribution >= 4 is 37.1 Å². The summed E-state index contributed by atoms with van der Waals surface area (Å²) in [5, 5.41) is 11.9. The van der Waals surface area contributed by atoms with Crippen molar-refractivity contribution in [3.63, 3.8) is 0 Å². The average molecular weight is 564 g/mol. The highest BCUT2D eigenvalue weighted by Gasteiger charge is 2.44. The van der Waals surface area contributed by atoms with E-state index >= 15 is 0 Å². The molecule has 3 N–H and O–H groups in total. The van der Waals surface area contributed by atoms with Crippen molar-refractivity contribution in [2.24, 2.45) is 5.41 Å². The van der Waals surface area contributed by atoms with E-state index in [0.717, 1.165) is 25.9 Å². The van der Waals surface area contributed by atoms with Crippen molar-refractivity contribution in [3.8, 4) is 0 Å². The third-order valence-corrected chi connectivity index (χ3v) is 10.4. The summed E-state index contributed by atoms with van der Waals surface area (Å²) in [6.45, 7) is 6.37. The molecule has 1 aliphatic heterocycles. The van der Waals surface area contributed by atoms with Gasteiger partial charge in [-0.3, -0.25) is 4.79 Å². The van der Waals surface area contributed by atoms with Gasteiger partial charge in [-0.25, -0.2) is 21.6 Å². The predicted molar refractivity (Wildman–Crippen MR) is 149 cm³/mol. The Bertz CT molecular complexity index is 1400. The van der Waals surface area contributed by atoms with Crippen LogP contribution >= 0.6 is 0 Å². The first-order chi connectivity index (χ1) is 17.7. The second-order valence-corrected chi connectivity index (χ2v) is 15.4. The van der Waals surface area contributed by atoms with Crippen molar-refractivity contribution in [3.05, 3.63) is 53.6 Å². The summed E-state index contributed by atoms with van der Waals surface area (Å²) < 4.78 is 52.8. The van der Waals surface area contributed by atoms with Crippen LogP contribution in [0.5, 0.6) is 0 Å². The molecule has 2 aromatic carbocycles. The normalized spacial score (nSPS) is 17.4. The van der Waals surface area contributed by atoms with Gasteiger partial charge in [-0.2, -0.15) is 0 Å². The van der Waals surface area contributed by atoms with Crippen molar-refractivity contribution in [1.29, 1.82) is 0 Å². The Labute approximate surface area is 225 Å². The van der Waals surface area contributed by atoms with E-state index in [0.29, 0.717) is 27.9 Å². The fourth-order valence-corrected chi connectivity index (χ4v) is 7.46. The van der Waals surface area contributed by atoms with E-state index in [9.17, 15) is 21.6 Å². The fourth-order valence-electron chi connectivity index (χ4n) is 4.89. The number of piperidine rings is 1. The van der Waals surface area contributed by atoms with Gasteiger partial charge in [0.15, 0.2) is 9.84 Å². The maximum Gasteiger partial charge on any atom is 0.257 e. The zero-order valence-corrected chi connectivity index (χ0v) is 23.8. The Morgan fingerprint density at radius 1 is 1.00 bits per heavy atom. The molecule has 2 aromatic rings. The summed E-state index contributed by atoms with van der Waals surface area (Å²) in [5.74, 6) is -0.948. The smallest absolute Gasteiger partial charge is 0.257 e. The minimum absolute atomic E-state index is 0.0423. The van der Waals surface area contributed by atoms with E-state index in [1.807, 2.05) is 0 Å². The summed E-state index contributed by atoms with van der Waals surface area (Å²) in [6, 6.07) is 11.1. The number of hydrogen-bond donors (Lipinski definition) is 3. The quantitative estimate of drug-likeness (QED) is 0.426. The summed E-state index contributed by atoms with van der Waals surface area (Å²) in [5.41, 5.74) is 1.70. The van der Waals surface area contributed by atoms with Gasteiger partial charge < -0.3 is 15.3 Å². The molecule has 4 rings (SSSR count). The molecule has 1 saturated carbocycles. The highest BCUT2D eigenvalue weighted by molar-refractivity contribution is 7.90. The maximum absolute atomic E-state index is 13.5. The van der Waals surface area contributed by atoms with Crippen LogP contribution in [0, 0.1) is 5.41 Å². The summed E-state index contributed by atoms with van der Waals surface area (Å²) in [6.07, 6.45) is 4.53. The van der Waals surface area contributed by atoms with Gasteiger partial charge in [0.25, 0.3) is 5.91 Å². The Hall–Kier alpha value is -2.47. The Morgan fingerprint density at radius 2 is 1.68 bits per heavy atom. The van der Waals surface area contributed by atoms with Crippen molar-refractivity contribution < 1.29 is 26.7 Å². The number of nitrogens with zero attached hydrogens (tertiary/aromatic N) is 1. The molecular weight excluding hydrogens is 526 g/mol. The number of anilines is 2. The lowest BCUT2D eigenvalue weighted by atomic mass is 9.92. The second kappa shape index (κ2) is 10.6. The van der Waals surface area contributed by atoms with Crippen LogP contribution in [0.1, 0.15) is 62.4 Å². The first-order valence-electron chi connectivity index (χ1n) is 12.9. The molecule has 1 aliphatic carbocycles. The molecule has 1 heterocycles. The number of benzene rings is 2. The number of aliphatic hydroxyl groups is 1. The number of sulfonamides is 1. The van der Waals surface area contributed by atoms with Crippen LogP contribution in [0.15, 0.2) is 47.4 Å². The molecule has 9 nitrogen and oxygen atoms in total. The summed E-state index contributed by atoms with van der Waals surface area (Å²) in [4.78, 5) is 15.6. The van der Waals surface area contributed by atoms with E-state index in [1.165, 1.54) is 25.0 Å². The fraction of sp³-hybridized carbons (Fsp3) is 0.519. The molecule has 0 radical (unpaired) electrons. The minimum Gasteiger partial charge on any atom is -0.395 e. The number of nitrogens with one attached hydrogen (secondary N) is 2. The minimum atomic E-state index is -3.78. The molecule has 208 valence electrons. The standard InChI is InChI=1S/C27H37N3O6S2/c1-26(2,3)29-38(35,36)22-6-4-5-21(18-22)28-25(32)23-8-7-20(19-37(33,34)16-15-31)17-24(23)30-13-11-27(9-10-27)12-14-30/h4-8,17-18,29,31H,9-16,19H2,1-3H3,(H,28,32). The van der Waals surface area contributed by atoms with Gasteiger partial charge in [-0.1, -0.05) is 12.1 Å². The molecule has 38 heavy (non-hydrogen) atoms. The third kappa shape index (κ3) is 7.13. The number of sulfone groups is 1. The summed E-state index contributed by atoms with van der Waals surface area (Å²) >= 11 is 0. The van der Waals surface area contributed by atoms with Gasteiger partial charge in [0.1, 0.15) is 0 Å². The number of carbonyl (C=O) groups is 1. The maximum atomic E-state index is 13.5. The largest absolute Gasteiger partial charge is 0.395 e. The lowest BCUT2D eigenvalue weighted by Gasteiger charge is -2.35. The van der Waals surface area contributed by atoms with E-state index in [2.05, 4.69) is 14.9 Å². The zero-order chi connectivity index (χ0) is 27.8. The van der Waals surface area contributed by atoms with Crippen LogP contribution in [-0.2, 0) is 25.6 Å². The molecular formula is C27H37N3O6S2. The molecule has 0 unspecified atom stereocenters. The third-order valence-electron chi connectivity index (χ3n) is 7.06. The Morgan fingerprint density at radius 3 is 2.29 bits per heavy atom. The van der Waals surface area contributed by atoms with Gasteiger partial charge in [0.05, 0.1) is 28.6 Å². The Balaban J connectivity index is 1.61. The monoisotopic (exact) mass is 563 g/mol. The van der Waals surface area contributed by atoms with E-state index in [1.54, 1.807) is 51.1 Å². The van der Waals surface area contributed by atoms with E-state index in [-0.39, 0.29) is 16.4 Å². The van der Waals surface area contributed by atoms with Crippen molar-refractivity contribution in [1.82, 2.24) is 4.72 Å². The van der Waals surface area contributed by atoms with Crippen LogP contribution in [0.25, 0.3) is 0 Å². The summed E-state index contributed by atoms with van der Waals surface area (Å²) in [7, 11) is -7.27. The average Bonchev–Trinajstić information content (AvgIpc) is 3.56. The predicted octanol–water partition coefficient (Wildman–Crippen LogP) is 3.30. The zero-order valence-electron chi connectivity index (χ0n) is 22.2. The van der Waals surface area contributed by atoms with E-state index in [4.69, 9.17) is 5.11 Å². The van der Waals surface area contributed by atoms with Crippen LogP contribution in [-0.4, -0.2) is 58.8 Å². The number of hydrogen-bond acceptors (Lipinski definition) is 7. The van der Waals surface area contributed by atoms with E-state index < -0.39 is 37.9 Å². The lowest BCUT2D eigenvalue weighted by molar-refractivity contribution is 0.102. The highest BCUT2D eigenvalue weighted by Crippen LogP contribution is 2.54. The first-order valence-corrected chi connectivity index (χ1v) is 16.2. The van der Waals surface area contributed by atoms with Crippen LogP contribution in [0.4, 0.5) is 11.4 Å². The molecule has 0 atom stereocenters. The number of rotatable bonds is 9. The van der Waals surface area contributed by atoms with Gasteiger partial charge in [0, 0.05) is 30.0 Å². The second-order valence-electron chi connectivity index (χ2n) is 11.5. The lowest BCUT2D eigenvalue weighted by Crippen LogP contribution is -2.40.